The van der Waals surface area contributed by atoms with Gasteiger partial charge in [-0.1, -0.05) is 0 Å². The molecular formula is C5H9NO6. The molecule has 0 amide bonds. The van der Waals surface area contributed by atoms with E-state index in [0.29, 0.717) is 0 Å². The average Bonchev–Trinajstić information content (AvgIpc) is 2.03. The van der Waals surface area contributed by atoms with Gasteiger partial charge in [0.15, 0.2) is 12.4 Å². The number of aldehydes is 1. The van der Waals surface area contributed by atoms with Gasteiger partial charge in [-0.2, -0.15) is 0 Å². The Kier molecular flexibility index (Phi) is 4.34. The van der Waals surface area contributed by atoms with Gasteiger partial charge < -0.3 is 20.1 Å². The third kappa shape index (κ3) is 2.53. The molecule has 0 fully saturated rings. The van der Waals surface area contributed by atoms with Gasteiger partial charge >= 0.3 is 0 Å². The second kappa shape index (κ2) is 4.75. The third-order valence-electron chi connectivity index (χ3n) is 1.31. The molecule has 0 heterocycles. The van der Waals surface area contributed by atoms with Crippen molar-refractivity contribution in [3.8, 4) is 0 Å². The number of hydrogen-bond donors (Lipinski definition) is 3. The molecule has 0 aliphatic carbocycles. The minimum absolute atomic E-state index is 0.0631. The van der Waals surface area contributed by atoms with E-state index < -0.39 is 29.8 Å². The third-order valence-corrected chi connectivity index (χ3v) is 1.31. The van der Waals surface area contributed by atoms with Crippen LogP contribution in [-0.2, 0) is 4.79 Å². The highest BCUT2D eigenvalue weighted by molar-refractivity contribution is 5.56. The zero-order valence-electron chi connectivity index (χ0n) is 6.03. The summed E-state index contributed by atoms with van der Waals surface area (Å²) in [4.78, 5) is 19.0. The number of nitrogens with zero attached hydrogens (tertiary/aromatic N) is 1. The van der Waals surface area contributed by atoms with Crippen molar-refractivity contribution in [1.29, 1.82) is 0 Å². The van der Waals surface area contributed by atoms with Gasteiger partial charge in [0.25, 0.3) is 6.04 Å². The molecule has 0 aromatic carbocycles. The molecule has 0 aliphatic heterocycles. The summed E-state index contributed by atoms with van der Waals surface area (Å²) in [5, 5.41) is 35.9. The Morgan fingerprint density at radius 1 is 1.50 bits per heavy atom. The summed E-state index contributed by atoms with van der Waals surface area (Å²) in [6.07, 6.45) is -3.70. The van der Waals surface area contributed by atoms with Gasteiger partial charge in [0, 0.05) is 4.92 Å². The fraction of sp³-hybridized carbons (Fsp3) is 0.800. The highest BCUT2D eigenvalue weighted by atomic mass is 16.6. The number of hydrogen-bond acceptors (Lipinski definition) is 6. The molecule has 0 saturated carbocycles. The van der Waals surface area contributed by atoms with Crippen molar-refractivity contribution in [2.45, 2.75) is 18.2 Å². The maximum Gasteiger partial charge on any atom is 0.272 e. The van der Waals surface area contributed by atoms with Crippen LogP contribution in [0.1, 0.15) is 0 Å². The smallest absolute Gasteiger partial charge is 0.272 e. The zero-order chi connectivity index (χ0) is 9.72. The summed E-state index contributed by atoms with van der Waals surface area (Å²) >= 11 is 0. The minimum Gasteiger partial charge on any atom is -0.393 e. The molecule has 3 atom stereocenters. The van der Waals surface area contributed by atoms with E-state index in [-0.39, 0.29) is 6.29 Å². The lowest BCUT2D eigenvalue weighted by Gasteiger charge is -2.14. The van der Waals surface area contributed by atoms with Gasteiger partial charge in [-0.25, -0.2) is 0 Å². The van der Waals surface area contributed by atoms with E-state index >= 15 is 0 Å². The zero-order valence-corrected chi connectivity index (χ0v) is 6.03. The van der Waals surface area contributed by atoms with E-state index in [0.717, 1.165) is 0 Å². The van der Waals surface area contributed by atoms with E-state index in [2.05, 4.69) is 0 Å². The molecule has 3 N–H and O–H groups in total. The van der Waals surface area contributed by atoms with Crippen molar-refractivity contribution in [1.82, 2.24) is 0 Å². The molecule has 0 aromatic rings. The Morgan fingerprint density at radius 3 is 2.25 bits per heavy atom. The van der Waals surface area contributed by atoms with Gasteiger partial charge in [0.1, 0.15) is 6.10 Å². The van der Waals surface area contributed by atoms with Crippen LogP contribution in [0.3, 0.4) is 0 Å². The molecule has 7 nitrogen and oxygen atoms in total. The number of aliphatic hydroxyl groups excluding tert-OH is 3. The molecule has 3 unspecified atom stereocenters. The van der Waals surface area contributed by atoms with Crippen molar-refractivity contribution in [2.75, 3.05) is 6.61 Å². The largest absolute Gasteiger partial charge is 0.393 e. The van der Waals surface area contributed by atoms with Gasteiger partial charge in [0.05, 0.1) is 6.61 Å². The molecule has 0 spiro atoms. The molecule has 0 saturated heterocycles. The quantitative estimate of drug-likeness (QED) is 0.244. The summed E-state index contributed by atoms with van der Waals surface area (Å²) in [6.45, 7) is -0.878. The van der Waals surface area contributed by atoms with Crippen LogP contribution in [0.4, 0.5) is 0 Å². The fourth-order valence-electron chi connectivity index (χ4n) is 0.681. The van der Waals surface area contributed by atoms with Crippen LogP contribution in [0.5, 0.6) is 0 Å². The maximum atomic E-state index is 10.1. The van der Waals surface area contributed by atoms with Gasteiger partial charge in [-0.3, -0.25) is 10.1 Å². The van der Waals surface area contributed by atoms with E-state index in [1.54, 1.807) is 0 Å². The maximum absolute atomic E-state index is 10.1. The predicted molar refractivity (Wildman–Crippen MR) is 35.9 cm³/mol. The number of aliphatic hydroxyl groups is 3. The first kappa shape index (κ1) is 11.0. The van der Waals surface area contributed by atoms with Crippen LogP contribution in [0.15, 0.2) is 0 Å². The number of rotatable bonds is 5. The average molecular weight is 179 g/mol. The summed E-state index contributed by atoms with van der Waals surface area (Å²) < 4.78 is 0. The van der Waals surface area contributed by atoms with Crippen molar-refractivity contribution >= 4 is 6.29 Å². The Hall–Kier alpha value is -1.05. The van der Waals surface area contributed by atoms with E-state index in [1.165, 1.54) is 0 Å². The normalized spacial score (nSPS) is 17.9. The van der Waals surface area contributed by atoms with Crippen LogP contribution < -0.4 is 0 Å². The Balaban J connectivity index is 4.42. The SMILES string of the molecule is O=CC(O)C(C(O)CO)[N+](=O)[O-]. The van der Waals surface area contributed by atoms with Crippen molar-refractivity contribution in [3.63, 3.8) is 0 Å². The molecule has 7 heteroatoms. The lowest BCUT2D eigenvalue weighted by Crippen LogP contribution is -2.46. The molecule has 0 aromatic heterocycles. The van der Waals surface area contributed by atoms with E-state index in [1.807, 2.05) is 0 Å². The second-order valence-electron chi connectivity index (χ2n) is 2.15. The standard InChI is InChI=1S/C5H9NO6/c7-1-3(9)5(6(11)12)4(10)2-8/h1,3-5,8-10H,2H2. The van der Waals surface area contributed by atoms with Gasteiger partial charge in [-0.05, 0) is 0 Å². The van der Waals surface area contributed by atoms with Crippen LogP contribution in [0.2, 0.25) is 0 Å². The first-order chi connectivity index (χ1) is 5.54. The summed E-state index contributed by atoms with van der Waals surface area (Å²) in [6, 6.07) is -1.87. The number of carbonyl (C=O) groups excluding carboxylic acids is 1. The van der Waals surface area contributed by atoms with Crippen molar-refractivity contribution in [3.05, 3.63) is 10.1 Å². The Bertz CT molecular complexity index is 171. The fourth-order valence-corrected chi connectivity index (χ4v) is 0.681. The Morgan fingerprint density at radius 2 is 2.00 bits per heavy atom. The first-order valence-electron chi connectivity index (χ1n) is 3.10. The monoisotopic (exact) mass is 179 g/mol. The first-order valence-corrected chi connectivity index (χ1v) is 3.10. The lowest BCUT2D eigenvalue weighted by atomic mass is 10.1. The minimum atomic E-state index is -1.90. The molecule has 70 valence electrons. The van der Waals surface area contributed by atoms with E-state index in [9.17, 15) is 14.9 Å². The highest BCUT2D eigenvalue weighted by Gasteiger charge is 2.36. The molecule has 0 bridgehead atoms. The molecule has 12 heavy (non-hydrogen) atoms. The van der Waals surface area contributed by atoms with Crippen LogP contribution >= 0.6 is 0 Å². The second-order valence-corrected chi connectivity index (χ2v) is 2.15. The lowest BCUT2D eigenvalue weighted by molar-refractivity contribution is -0.543. The Labute approximate surface area is 67.4 Å². The molecule has 0 radical (unpaired) electrons. The van der Waals surface area contributed by atoms with Gasteiger partial charge in [0.2, 0.25) is 0 Å². The van der Waals surface area contributed by atoms with Crippen molar-refractivity contribution in [2.24, 2.45) is 0 Å². The number of nitro groups is 1. The van der Waals surface area contributed by atoms with Crippen LogP contribution in [0.25, 0.3) is 0 Å². The summed E-state index contributed by atoms with van der Waals surface area (Å²) in [5.74, 6) is 0. The molecule has 0 aliphatic rings. The topological polar surface area (TPSA) is 121 Å². The van der Waals surface area contributed by atoms with Crippen LogP contribution in [0, 0.1) is 10.1 Å². The van der Waals surface area contributed by atoms with Crippen LogP contribution in [-0.4, -0.2) is 51.4 Å². The van der Waals surface area contributed by atoms with Gasteiger partial charge in [-0.15, -0.1) is 0 Å². The molecule has 0 rings (SSSR count). The van der Waals surface area contributed by atoms with Crippen molar-refractivity contribution < 1.29 is 25.0 Å². The van der Waals surface area contributed by atoms with E-state index in [4.69, 9.17) is 15.3 Å². The highest BCUT2D eigenvalue weighted by Crippen LogP contribution is 2.02. The summed E-state index contributed by atoms with van der Waals surface area (Å²) in [5.41, 5.74) is 0. The number of carbonyl (C=O) groups is 1. The molecular weight excluding hydrogens is 170 g/mol. The predicted octanol–water partition coefficient (Wildman–Crippen LogP) is -2.46. The summed E-state index contributed by atoms with van der Waals surface area (Å²) in [7, 11) is 0.